The fourth-order valence-electron chi connectivity index (χ4n) is 3.03. The van der Waals surface area contributed by atoms with E-state index in [0.29, 0.717) is 27.0 Å². The highest BCUT2D eigenvalue weighted by molar-refractivity contribution is 6.43. The molecule has 0 bridgehead atoms. The van der Waals surface area contributed by atoms with Gasteiger partial charge in [-0.1, -0.05) is 47.5 Å². The first kappa shape index (κ1) is 20.1. The number of nitrogens with one attached hydrogen (secondary N) is 1. The number of rotatable bonds is 5. The van der Waals surface area contributed by atoms with Crippen molar-refractivity contribution >= 4 is 34.9 Å². The molecule has 1 heterocycles. The van der Waals surface area contributed by atoms with Crippen LogP contribution in [0.4, 0.5) is 0 Å². The maximum Gasteiger partial charge on any atom is 0.293 e. The van der Waals surface area contributed by atoms with Crippen LogP contribution in [0.5, 0.6) is 0 Å². The highest BCUT2D eigenvalue weighted by Crippen LogP contribution is 2.26. The zero-order chi connectivity index (χ0) is 20.4. The summed E-state index contributed by atoms with van der Waals surface area (Å²) in [6.45, 7) is 5.27. The lowest BCUT2D eigenvalue weighted by Gasteiger charge is -2.14. The van der Waals surface area contributed by atoms with Gasteiger partial charge in [-0.25, -0.2) is 4.68 Å². The quantitative estimate of drug-likeness (QED) is 0.478. The van der Waals surface area contributed by atoms with Crippen LogP contribution in [0, 0.1) is 13.8 Å². The fraction of sp³-hybridized carbons (Fsp3) is 0.190. The molecule has 0 saturated carbocycles. The molecule has 1 N–H and O–H groups in total. The summed E-state index contributed by atoms with van der Waals surface area (Å²) in [5.41, 5.74) is 3.01. The molecular weight excluding hydrogens is 397 g/mol. The van der Waals surface area contributed by atoms with E-state index in [-0.39, 0.29) is 0 Å². The van der Waals surface area contributed by atoms with E-state index in [0.717, 1.165) is 11.3 Å². The van der Waals surface area contributed by atoms with Crippen molar-refractivity contribution in [1.29, 1.82) is 0 Å². The van der Waals surface area contributed by atoms with Crippen LogP contribution in [0.15, 0.2) is 48.5 Å². The lowest BCUT2D eigenvalue weighted by molar-refractivity contribution is -0.117. The average Bonchev–Trinajstić information content (AvgIpc) is 2.98. The molecule has 0 aliphatic heterocycles. The Morgan fingerprint density at radius 3 is 2.36 bits per heavy atom. The predicted molar refractivity (Wildman–Crippen MR) is 110 cm³/mol. The minimum Gasteiger partial charge on any atom is -0.343 e. The van der Waals surface area contributed by atoms with Crippen LogP contribution in [-0.2, 0) is 4.79 Å². The molecule has 0 radical (unpaired) electrons. The minimum atomic E-state index is -0.697. The summed E-state index contributed by atoms with van der Waals surface area (Å²) in [7, 11) is 0. The topological polar surface area (TPSA) is 64.0 Å². The molecule has 7 heteroatoms. The molecule has 3 rings (SSSR count). The number of carbonyl (C=O) groups is 2. The molecule has 28 heavy (non-hydrogen) atoms. The van der Waals surface area contributed by atoms with Crippen LogP contribution >= 0.6 is 23.2 Å². The van der Waals surface area contributed by atoms with E-state index < -0.39 is 17.7 Å². The summed E-state index contributed by atoms with van der Waals surface area (Å²) in [6, 6.07) is 14.1. The average molecular weight is 416 g/mol. The number of nitrogens with zero attached hydrogens (tertiary/aromatic N) is 2. The molecule has 2 aromatic carbocycles. The Morgan fingerprint density at radius 2 is 1.71 bits per heavy atom. The summed E-state index contributed by atoms with van der Waals surface area (Å²) < 4.78 is 1.66. The highest BCUT2D eigenvalue weighted by Gasteiger charge is 2.26. The largest absolute Gasteiger partial charge is 0.343 e. The van der Waals surface area contributed by atoms with E-state index in [1.807, 2.05) is 30.3 Å². The normalized spacial score (nSPS) is 11.9. The maximum atomic E-state index is 12.8. The molecule has 3 aromatic rings. The third-order valence-corrected chi connectivity index (χ3v) is 5.26. The summed E-state index contributed by atoms with van der Waals surface area (Å²) in [4.78, 5) is 25.4. The van der Waals surface area contributed by atoms with Gasteiger partial charge in [0.25, 0.3) is 11.7 Å². The number of aromatic nitrogens is 2. The number of ketones is 1. The van der Waals surface area contributed by atoms with Gasteiger partial charge in [0.05, 0.1) is 38.7 Å². The number of aryl methyl sites for hydroxylation is 1. The van der Waals surface area contributed by atoms with E-state index in [1.165, 1.54) is 0 Å². The van der Waals surface area contributed by atoms with Crippen LogP contribution in [0.1, 0.15) is 40.3 Å². The van der Waals surface area contributed by atoms with Gasteiger partial charge in [-0.3, -0.25) is 9.59 Å². The number of halogens is 2. The SMILES string of the molecule is Cc1nn(-c2ccccc2)c(C)c1C(=O)C(=O)NC(C)c1ccc(Cl)c(Cl)c1. The summed E-state index contributed by atoms with van der Waals surface area (Å²) in [5.74, 6) is -1.32. The number of carbonyl (C=O) groups excluding carboxylic acids is 2. The van der Waals surface area contributed by atoms with Crippen molar-refractivity contribution in [2.24, 2.45) is 0 Å². The van der Waals surface area contributed by atoms with Crippen LogP contribution in [0.3, 0.4) is 0 Å². The molecule has 0 aliphatic rings. The van der Waals surface area contributed by atoms with Gasteiger partial charge in [-0.2, -0.15) is 5.10 Å². The summed E-state index contributed by atoms with van der Waals surface area (Å²) in [5, 5.41) is 7.96. The maximum absolute atomic E-state index is 12.8. The fourth-order valence-corrected chi connectivity index (χ4v) is 3.34. The van der Waals surface area contributed by atoms with E-state index in [1.54, 1.807) is 43.7 Å². The van der Waals surface area contributed by atoms with E-state index >= 15 is 0 Å². The Hall–Kier alpha value is -2.63. The van der Waals surface area contributed by atoms with E-state index in [2.05, 4.69) is 10.4 Å². The van der Waals surface area contributed by atoms with Gasteiger partial charge < -0.3 is 5.32 Å². The molecule has 5 nitrogen and oxygen atoms in total. The second-order valence-corrected chi connectivity index (χ2v) is 7.31. The number of benzene rings is 2. The second-order valence-electron chi connectivity index (χ2n) is 6.49. The third-order valence-electron chi connectivity index (χ3n) is 4.52. The van der Waals surface area contributed by atoms with Crippen molar-refractivity contribution in [2.75, 3.05) is 0 Å². The highest BCUT2D eigenvalue weighted by atomic mass is 35.5. The summed E-state index contributed by atoms with van der Waals surface area (Å²) >= 11 is 12.0. The second kappa shape index (κ2) is 8.17. The molecule has 0 aliphatic carbocycles. The van der Waals surface area contributed by atoms with Crippen molar-refractivity contribution in [1.82, 2.24) is 15.1 Å². The van der Waals surface area contributed by atoms with Crippen LogP contribution < -0.4 is 5.32 Å². The van der Waals surface area contributed by atoms with Crippen molar-refractivity contribution in [3.8, 4) is 5.69 Å². The number of para-hydroxylation sites is 1. The zero-order valence-corrected chi connectivity index (χ0v) is 17.2. The lowest BCUT2D eigenvalue weighted by Crippen LogP contribution is -2.33. The standard InChI is InChI=1S/C21H19Cl2N3O2/c1-12(15-9-10-17(22)18(23)11-15)24-21(28)20(27)19-13(2)25-26(14(19)3)16-7-5-4-6-8-16/h4-12H,1-3H3,(H,24,28). The lowest BCUT2D eigenvalue weighted by atomic mass is 10.1. The Bertz CT molecular complexity index is 1050. The van der Waals surface area contributed by atoms with Gasteiger partial charge in [-0.05, 0) is 50.6 Å². The van der Waals surface area contributed by atoms with E-state index in [4.69, 9.17) is 23.2 Å². The van der Waals surface area contributed by atoms with Crippen molar-refractivity contribution in [3.63, 3.8) is 0 Å². The molecule has 1 amide bonds. The Labute approximate surface area is 173 Å². The van der Waals surface area contributed by atoms with Crippen molar-refractivity contribution < 1.29 is 9.59 Å². The molecule has 144 valence electrons. The molecule has 0 fully saturated rings. The number of hydrogen-bond donors (Lipinski definition) is 1. The summed E-state index contributed by atoms with van der Waals surface area (Å²) in [6.07, 6.45) is 0. The van der Waals surface area contributed by atoms with Crippen molar-refractivity contribution in [3.05, 3.63) is 81.1 Å². The first-order valence-corrected chi connectivity index (χ1v) is 9.47. The van der Waals surface area contributed by atoms with Gasteiger partial charge in [0.1, 0.15) is 0 Å². The first-order valence-electron chi connectivity index (χ1n) is 8.71. The number of hydrogen-bond acceptors (Lipinski definition) is 3. The minimum absolute atomic E-state index is 0.308. The third kappa shape index (κ3) is 3.96. The predicted octanol–water partition coefficient (Wildman–Crippen LogP) is 4.86. The molecule has 1 atom stereocenters. The van der Waals surface area contributed by atoms with Gasteiger partial charge >= 0.3 is 0 Å². The Kier molecular flexibility index (Phi) is 5.87. The van der Waals surface area contributed by atoms with Crippen LogP contribution in [0.2, 0.25) is 10.0 Å². The molecular formula is C21H19Cl2N3O2. The van der Waals surface area contributed by atoms with Crippen LogP contribution in [-0.4, -0.2) is 21.5 Å². The Balaban J connectivity index is 1.83. The number of amides is 1. The van der Waals surface area contributed by atoms with Gasteiger partial charge in [-0.15, -0.1) is 0 Å². The van der Waals surface area contributed by atoms with Gasteiger partial charge in [0.15, 0.2) is 0 Å². The molecule has 1 aromatic heterocycles. The van der Waals surface area contributed by atoms with E-state index in [9.17, 15) is 9.59 Å². The number of Topliss-reactive ketones (excluding diaryl/α,β-unsaturated/α-hetero) is 1. The van der Waals surface area contributed by atoms with Crippen molar-refractivity contribution in [2.45, 2.75) is 26.8 Å². The zero-order valence-electron chi connectivity index (χ0n) is 15.7. The van der Waals surface area contributed by atoms with Gasteiger partial charge in [0.2, 0.25) is 0 Å². The monoisotopic (exact) mass is 415 g/mol. The molecule has 1 unspecified atom stereocenters. The van der Waals surface area contributed by atoms with Crippen LogP contribution in [0.25, 0.3) is 5.69 Å². The smallest absolute Gasteiger partial charge is 0.293 e. The molecule has 0 saturated heterocycles. The first-order chi connectivity index (χ1) is 13.3. The molecule has 0 spiro atoms. The van der Waals surface area contributed by atoms with Gasteiger partial charge in [0, 0.05) is 0 Å². The Morgan fingerprint density at radius 1 is 1.04 bits per heavy atom.